The molecular weight excluding hydrogens is 254 g/mol. The van der Waals surface area contributed by atoms with E-state index in [-0.39, 0.29) is 18.2 Å². The van der Waals surface area contributed by atoms with Crippen LogP contribution in [0.15, 0.2) is 23.1 Å². The van der Waals surface area contributed by atoms with Gasteiger partial charge in [0.2, 0.25) is 0 Å². The zero-order valence-corrected chi connectivity index (χ0v) is 10.8. The quantitative estimate of drug-likeness (QED) is 0.867. The number of rotatable bonds is 3. The Balaban J connectivity index is 2.31. The van der Waals surface area contributed by atoms with Crippen molar-refractivity contribution in [3.8, 4) is 0 Å². The number of hydrogen-bond donors (Lipinski definition) is 2. The summed E-state index contributed by atoms with van der Waals surface area (Å²) < 4.78 is 24.2. The highest BCUT2D eigenvalue weighted by atomic mass is 32.2. The van der Waals surface area contributed by atoms with Gasteiger partial charge in [-0.3, -0.25) is 4.79 Å². The van der Waals surface area contributed by atoms with Gasteiger partial charge in [-0.1, -0.05) is 12.1 Å². The van der Waals surface area contributed by atoms with Crippen LogP contribution in [0.1, 0.15) is 18.4 Å². The fraction of sp³-hybridized carbons (Fsp3) is 0.417. The molecule has 0 saturated heterocycles. The number of carboxylic acid groups (broad SMARTS) is 1. The van der Waals surface area contributed by atoms with Crippen LogP contribution in [0.4, 0.5) is 5.69 Å². The van der Waals surface area contributed by atoms with E-state index in [1.54, 1.807) is 12.1 Å². The summed E-state index contributed by atoms with van der Waals surface area (Å²) in [4.78, 5) is 10.9. The topological polar surface area (TPSA) is 83.5 Å². The number of carbonyl (C=O) groups is 1. The maximum atomic E-state index is 12.1. The minimum absolute atomic E-state index is 0.0333. The first kappa shape index (κ1) is 12.9. The molecule has 18 heavy (non-hydrogen) atoms. The van der Waals surface area contributed by atoms with Gasteiger partial charge in [0.15, 0.2) is 9.84 Å². The van der Waals surface area contributed by atoms with Crippen LogP contribution in [0, 0.1) is 6.92 Å². The molecule has 1 heterocycles. The predicted octanol–water partition coefficient (Wildman–Crippen LogP) is 1.43. The molecule has 0 fully saturated rings. The van der Waals surface area contributed by atoms with Crippen LogP contribution in [0.5, 0.6) is 0 Å². The summed E-state index contributed by atoms with van der Waals surface area (Å²) in [5, 5.41) is 11.8. The van der Waals surface area contributed by atoms with Gasteiger partial charge in [0.1, 0.15) is 0 Å². The average Bonchev–Trinajstić information content (AvgIpc) is 2.27. The molecule has 0 bridgehead atoms. The molecule has 1 atom stereocenters. The molecule has 98 valence electrons. The van der Waals surface area contributed by atoms with Crippen LogP contribution in [0.3, 0.4) is 0 Å². The molecule has 1 aliphatic rings. The predicted molar refractivity (Wildman–Crippen MR) is 67.5 cm³/mol. The summed E-state index contributed by atoms with van der Waals surface area (Å²) >= 11 is 0. The van der Waals surface area contributed by atoms with Gasteiger partial charge in [0, 0.05) is 12.5 Å². The first-order chi connectivity index (χ1) is 8.40. The van der Waals surface area contributed by atoms with Crippen LogP contribution < -0.4 is 5.32 Å². The first-order valence-electron chi connectivity index (χ1n) is 5.71. The van der Waals surface area contributed by atoms with E-state index in [2.05, 4.69) is 5.32 Å². The molecule has 1 aromatic carbocycles. The molecule has 6 heteroatoms. The fourth-order valence-electron chi connectivity index (χ4n) is 2.14. The standard InChI is InChI=1S/C12H15NO4S/c1-8-3-2-4-10-12(8)13-9(5-6-11(14)15)7-18(10,16)17/h2-4,9,13H,5-7H2,1H3,(H,14,15). The third-order valence-corrected chi connectivity index (χ3v) is 4.90. The van der Waals surface area contributed by atoms with Crippen LogP contribution in [-0.4, -0.2) is 31.3 Å². The Bertz CT molecular complexity index is 580. The summed E-state index contributed by atoms with van der Waals surface area (Å²) in [5.41, 5.74) is 1.47. The molecule has 0 radical (unpaired) electrons. The lowest BCUT2D eigenvalue weighted by atomic mass is 10.1. The summed E-state index contributed by atoms with van der Waals surface area (Å²) in [5.74, 6) is -0.957. The van der Waals surface area contributed by atoms with Crippen LogP contribution in [0.25, 0.3) is 0 Å². The minimum Gasteiger partial charge on any atom is -0.481 e. The van der Waals surface area contributed by atoms with Crippen molar-refractivity contribution in [3.63, 3.8) is 0 Å². The number of carboxylic acids is 1. The van der Waals surface area contributed by atoms with Crippen LogP contribution in [-0.2, 0) is 14.6 Å². The molecule has 5 nitrogen and oxygen atoms in total. The Morgan fingerprint density at radius 3 is 2.89 bits per heavy atom. The Morgan fingerprint density at radius 1 is 1.50 bits per heavy atom. The number of aliphatic carboxylic acids is 1. The highest BCUT2D eigenvalue weighted by Crippen LogP contribution is 2.32. The Morgan fingerprint density at radius 2 is 2.22 bits per heavy atom. The smallest absolute Gasteiger partial charge is 0.303 e. The van der Waals surface area contributed by atoms with Gasteiger partial charge in [-0.25, -0.2) is 8.42 Å². The molecule has 1 aromatic rings. The van der Waals surface area contributed by atoms with Crippen LogP contribution >= 0.6 is 0 Å². The molecule has 1 unspecified atom stereocenters. The second kappa shape index (κ2) is 4.61. The number of benzene rings is 1. The van der Waals surface area contributed by atoms with E-state index < -0.39 is 15.8 Å². The van der Waals surface area contributed by atoms with Crippen molar-refractivity contribution in [1.82, 2.24) is 0 Å². The number of fused-ring (bicyclic) bond motifs is 1. The summed E-state index contributed by atoms with van der Waals surface area (Å²) in [7, 11) is -3.32. The van der Waals surface area contributed by atoms with E-state index in [9.17, 15) is 13.2 Å². The summed E-state index contributed by atoms with van der Waals surface area (Å²) in [6, 6.07) is 4.80. The summed E-state index contributed by atoms with van der Waals surface area (Å²) in [6.45, 7) is 1.83. The normalized spacial score (nSPS) is 20.8. The first-order valence-corrected chi connectivity index (χ1v) is 7.36. The highest BCUT2D eigenvalue weighted by Gasteiger charge is 2.30. The zero-order valence-electron chi connectivity index (χ0n) is 10.0. The summed E-state index contributed by atoms with van der Waals surface area (Å²) in [6.07, 6.45) is 0.275. The molecule has 2 N–H and O–H groups in total. The molecule has 0 aliphatic carbocycles. The van der Waals surface area contributed by atoms with Crippen LogP contribution in [0.2, 0.25) is 0 Å². The van der Waals surface area contributed by atoms with Crippen molar-refractivity contribution in [2.24, 2.45) is 0 Å². The van der Waals surface area contributed by atoms with Crippen molar-refractivity contribution >= 4 is 21.5 Å². The lowest BCUT2D eigenvalue weighted by Gasteiger charge is -2.27. The SMILES string of the molecule is Cc1cccc2c1NC(CCC(=O)O)CS2(=O)=O. The van der Waals surface area contributed by atoms with E-state index in [1.807, 2.05) is 13.0 Å². The molecule has 0 saturated carbocycles. The third-order valence-electron chi connectivity index (χ3n) is 3.05. The molecule has 0 aromatic heterocycles. The maximum Gasteiger partial charge on any atom is 0.303 e. The average molecular weight is 269 g/mol. The Kier molecular flexibility index (Phi) is 3.30. The van der Waals surface area contributed by atoms with Crippen molar-refractivity contribution < 1.29 is 18.3 Å². The van der Waals surface area contributed by atoms with Crippen molar-refractivity contribution in [2.75, 3.05) is 11.1 Å². The second-order valence-corrected chi connectivity index (χ2v) is 6.51. The molecule has 2 rings (SSSR count). The Labute approximate surface area is 106 Å². The fourth-order valence-corrected chi connectivity index (χ4v) is 3.91. The lowest BCUT2D eigenvalue weighted by molar-refractivity contribution is -0.137. The molecule has 1 aliphatic heterocycles. The van der Waals surface area contributed by atoms with E-state index in [0.29, 0.717) is 17.0 Å². The monoisotopic (exact) mass is 269 g/mol. The number of anilines is 1. The zero-order chi connectivity index (χ0) is 13.3. The van der Waals surface area contributed by atoms with E-state index in [0.717, 1.165) is 5.56 Å². The van der Waals surface area contributed by atoms with Gasteiger partial charge in [-0.15, -0.1) is 0 Å². The third kappa shape index (κ3) is 2.48. The minimum atomic E-state index is -3.32. The van der Waals surface area contributed by atoms with Crippen molar-refractivity contribution in [3.05, 3.63) is 23.8 Å². The highest BCUT2D eigenvalue weighted by molar-refractivity contribution is 7.91. The van der Waals surface area contributed by atoms with Crippen molar-refractivity contribution in [2.45, 2.75) is 30.7 Å². The lowest BCUT2D eigenvalue weighted by Crippen LogP contribution is -2.35. The molecular formula is C12H15NO4S. The van der Waals surface area contributed by atoms with Crippen molar-refractivity contribution in [1.29, 1.82) is 0 Å². The number of hydrogen-bond acceptors (Lipinski definition) is 4. The Hall–Kier alpha value is -1.56. The second-order valence-electron chi connectivity index (χ2n) is 4.50. The van der Waals surface area contributed by atoms with E-state index in [1.165, 1.54) is 0 Å². The number of sulfone groups is 1. The van der Waals surface area contributed by atoms with E-state index >= 15 is 0 Å². The van der Waals surface area contributed by atoms with Gasteiger partial charge >= 0.3 is 5.97 Å². The van der Waals surface area contributed by atoms with Gasteiger partial charge in [-0.05, 0) is 25.0 Å². The van der Waals surface area contributed by atoms with Gasteiger partial charge in [0.25, 0.3) is 0 Å². The van der Waals surface area contributed by atoms with Gasteiger partial charge in [0.05, 0.1) is 16.3 Å². The molecule has 0 spiro atoms. The number of para-hydroxylation sites is 1. The largest absolute Gasteiger partial charge is 0.481 e. The maximum absolute atomic E-state index is 12.1. The van der Waals surface area contributed by atoms with E-state index in [4.69, 9.17) is 5.11 Å². The number of nitrogens with one attached hydrogen (secondary N) is 1. The van der Waals surface area contributed by atoms with Gasteiger partial charge < -0.3 is 10.4 Å². The number of aryl methyl sites for hydroxylation is 1. The van der Waals surface area contributed by atoms with Gasteiger partial charge in [-0.2, -0.15) is 0 Å². The molecule has 0 amide bonds.